The molecular formula is C22H22FN3O4. The molecule has 0 saturated heterocycles. The number of nitrogens with zero attached hydrogens (tertiary/aromatic N) is 2. The summed E-state index contributed by atoms with van der Waals surface area (Å²) < 4.78 is 25.3. The zero-order valence-corrected chi connectivity index (χ0v) is 17.1. The van der Waals surface area contributed by atoms with Gasteiger partial charge in [-0.2, -0.15) is 5.10 Å². The van der Waals surface area contributed by atoms with Crippen molar-refractivity contribution in [2.45, 2.75) is 13.8 Å². The largest absolute Gasteiger partial charge is 0.502 e. The second kappa shape index (κ2) is 8.69. The van der Waals surface area contributed by atoms with Crippen LogP contribution >= 0.6 is 0 Å². The first-order chi connectivity index (χ1) is 14.3. The number of carbonyl (C=O) groups excluding carboxylic acids is 1. The number of phenolic OH excluding ortho intramolecular Hbond substituents is 1. The molecule has 30 heavy (non-hydrogen) atoms. The van der Waals surface area contributed by atoms with Crippen molar-refractivity contribution in [2.75, 3.05) is 14.2 Å². The van der Waals surface area contributed by atoms with Gasteiger partial charge in [0.05, 0.1) is 26.0 Å². The summed E-state index contributed by atoms with van der Waals surface area (Å²) in [6.07, 6.45) is 1.42. The van der Waals surface area contributed by atoms with Crippen LogP contribution in [0.15, 0.2) is 47.6 Å². The number of aryl methyl sites for hydroxylation is 1. The quantitative estimate of drug-likeness (QED) is 0.478. The third-order valence-electron chi connectivity index (χ3n) is 4.64. The molecule has 0 radical (unpaired) electrons. The van der Waals surface area contributed by atoms with E-state index in [1.807, 2.05) is 18.4 Å². The van der Waals surface area contributed by atoms with Crippen LogP contribution in [0.25, 0.3) is 5.69 Å². The van der Waals surface area contributed by atoms with Crippen molar-refractivity contribution in [1.29, 1.82) is 0 Å². The zero-order chi connectivity index (χ0) is 21.8. The molecule has 1 heterocycles. The van der Waals surface area contributed by atoms with Gasteiger partial charge in [-0.25, -0.2) is 9.82 Å². The number of phenols is 1. The standard InChI is InChI=1S/C22H22FN3O4/c1-13-9-18(14(2)26(13)17-7-5-16(23)6-8-17)22(28)25-24-12-15-10-19(29-3)21(27)20(11-15)30-4/h5-12,27H,1-4H3,(H,25,28)/b24-12+. The van der Waals surface area contributed by atoms with E-state index in [0.717, 1.165) is 11.4 Å². The van der Waals surface area contributed by atoms with Gasteiger partial charge in [0.2, 0.25) is 5.75 Å². The first-order valence-electron chi connectivity index (χ1n) is 9.09. The number of aromatic hydroxyl groups is 1. The maximum atomic E-state index is 13.2. The van der Waals surface area contributed by atoms with Crippen LogP contribution in [0.3, 0.4) is 0 Å². The van der Waals surface area contributed by atoms with Crippen molar-refractivity contribution < 1.29 is 23.8 Å². The van der Waals surface area contributed by atoms with Crippen LogP contribution in [0, 0.1) is 19.7 Å². The lowest BCUT2D eigenvalue weighted by atomic mass is 10.2. The Morgan fingerprint density at radius 3 is 2.27 bits per heavy atom. The maximum absolute atomic E-state index is 13.2. The summed E-state index contributed by atoms with van der Waals surface area (Å²) in [5.41, 5.74) is 5.82. The van der Waals surface area contributed by atoms with Crippen LogP contribution in [0.4, 0.5) is 4.39 Å². The Kier molecular flexibility index (Phi) is 6.06. The SMILES string of the molecule is COc1cc(/C=N/NC(=O)c2cc(C)n(-c3ccc(F)cc3)c2C)cc(OC)c1O. The molecule has 1 aromatic heterocycles. The zero-order valence-electron chi connectivity index (χ0n) is 17.1. The van der Waals surface area contributed by atoms with Crippen molar-refractivity contribution in [3.8, 4) is 22.9 Å². The van der Waals surface area contributed by atoms with Gasteiger partial charge in [-0.1, -0.05) is 0 Å². The van der Waals surface area contributed by atoms with Gasteiger partial charge in [0, 0.05) is 22.6 Å². The molecule has 3 rings (SSSR count). The molecule has 2 N–H and O–H groups in total. The van der Waals surface area contributed by atoms with E-state index in [9.17, 15) is 14.3 Å². The highest BCUT2D eigenvalue weighted by molar-refractivity contribution is 5.96. The number of ether oxygens (including phenoxy) is 2. The van der Waals surface area contributed by atoms with Gasteiger partial charge >= 0.3 is 0 Å². The molecule has 0 spiro atoms. The number of aromatic nitrogens is 1. The third kappa shape index (κ3) is 4.12. The predicted molar refractivity (Wildman–Crippen MR) is 111 cm³/mol. The fourth-order valence-corrected chi connectivity index (χ4v) is 3.19. The highest BCUT2D eigenvalue weighted by Gasteiger charge is 2.16. The minimum absolute atomic E-state index is 0.116. The number of halogens is 1. The molecule has 0 atom stereocenters. The van der Waals surface area contributed by atoms with Crippen LogP contribution in [-0.4, -0.2) is 36.0 Å². The van der Waals surface area contributed by atoms with Gasteiger partial charge in [0.1, 0.15) is 5.82 Å². The fraction of sp³-hybridized carbons (Fsp3) is 0.182. The lowest BCUT2D eigenvalue weighted by Crippen LogP contribution is -2.18. The summed E-state index contributed by atoms with van der Waals surface area (Å²) >= 11 is 0. The van der Waals surface area contributed by atoms with Crippen LogP contribution in [0.2, 0.25) is 0 Å². The Bertz CT molecular complexity index is 1080. The van der Waals surface area contributed by atoms with Gasteiger partial charge in [-0.15, -0.1) is 0 Å². The summed E-state index contributed by atoms with van der Waals surface area (Å²) in [5.74, 6) is -0.370. The normalized spacial score (nSPS) is 11.0. The van der Waals surface area contributed by atoms with E-state index >= 15 is 0 Å². The molecule has 0 bridgehead atoms. The van der Waals surface area contributed by atoms with Gasteiger partial charge < -0.3 is 19.1 Å². The van der Waals surface area contributed by atoms with Gasteiger partial charge in [0.25, 0.3) is 5.91 Å². The van der Waals surface area contributed by atoms with Crippen LogP contribution in [0.1, 0.15) is 27.3 Å². The summed E-state index contributed by atoms with van der Waals surface area (Å²) in [4.78, 5) is 12.6. The van der Waals surface area contributed by atoms with Crippen molar-refractivity contribution in [3.05, 3.63) is 70.8 Å². The number of methoxy groups -OCH3 is 2. The molecule has 0 unspecified atom stereocenters. The summed E-state index contributed by atoms with van der Waals surface area (Å²) in [7, 11) is 2.85. The number of rotatable bonds is 6. The van der Waals surface area contributed by atoms with Gasteiger partial charge in [-0.3, -0.25) is 4.79 Å². The molecule has 8 heteroatoms. The summed E-state index contributed by atoms with van der Waals surface area (Å²) in [5, 5.41) is 13.9. The molecule has 1 amide bonds. The number of hydrogen-bond acceptors (Lipinski definition) is 5. The van der Waals surface area contributed by atoms with Crippen LogP contribution < -0.4 is 14.9 Å². The Labute approximate surface area is 173 Å². The minimum atomic E-state index is -0.384. The molecule has 3 aromatic rings. The summed E-state index contributed by atoms with van der Waals surface area (Å²) in [6.45, 7) is 3.68. The Hall–Kier alpha value is -3.81. The first kappa shape index (κ1) is 20.9. The van der Waals surface area contributed by atoms with E-state index in [0.29, 0.717) is 16.8 Å². The molecule has 0 aliphatic carbocycles. The van der Waals surface area contributed by atoms with Crippen LogP contribution in [-0.2, 0) is 0 Å². The Morgan fingerprint density at radius 1 is 1.10 bits per heavy atom. The topological polar surface area (TPSA) is 85.1 Å². The molecule has 0 aliphatic rings. The number of hydrazone groups is 1. The Balaban J connectivity index is 1.80. The fourth-order valence-electron chi connectivity index (χ4n) is 3.19. The molecule has 156 valence electrons. The molecular weight excluding hydrogens is 389 g/mol. The van der Waals surface area contributed by atoms with E-state index in [1.165, 1.54) is 32.6 Å². The second-order valence-corrected chi connectivity index (χ2v) is 6.57. The molecule has 0 aliphatic heterocycles. The highest BCUT2D eigenvalue weighted by Crippen LogP contribution is 2.36. The smallest absolute Gasteiger partial charge is 0.273 e. The number of nitrogens with one attached hydrogen (secondary N) is 1. The first-order valence-corrected chi connectivity index (χ1v) is 9.09. The summed E-state index contributed by atoms with van der Waals surface area (Å²) in [6, 6.07) is 10.9. The van der Waals surface area contributed by atoms with E-state index in [4.69, 9.17) is 9.47 Å². The third-order valence-corrected chi connectivity index (χ3v) is 4.64. The van der Waals surface area contributed by atoms with E-state index in [-0.39, 0.29) is 29.0 Å². The van der Waals surface area contributed by atoms with Crippen molar-refractivity contribution in [1.82, 2.24) is 9.99 Å². The monoisotopic (exact) mass is 411 g/mol. The van der Waals surface area contributed by atoms with Crippen molar-refractivity contribution in [2.24, 2.45) is 5.10 Å². The van der Waals surface area contributed by atoms with E-state index in [2.05, 4.69) is 10.5 Å². The average molecular weight is 411 g/mol. The lowest BCUT2D eigenvalue weighted by molar-refractivity contribution is 0.0954. The minimum Gasteiger partial charge on any atom is -0.502 e. The van der Waals surface area contributed by atoms with E-state index in [1.54, 1.807) is 30.3 Å². The second-order valence-electron chi connectivity index (χ2n) is 6.57. The van der Waals surface area contributed by atoms with Gasteiger partial charge in [0.15, 0.2) is 11.5 Å². The van der Waals surface area contributed by atoms with Gasteiger partial charge in [-0.05, 0) is 56.3 Å². The molecule has 0 fully saturated rings. The highest BCUT2D eigenvalue weighted by atomic mass is 19.1. The van der Waals surface area contributed by atoms with Crippen molar-refractivity contribution in [3.63, 3.8) is 0 Å². The Morgan fingerprint density at radius 2 is 1.70 bits per heavy atom. The molecule has 7 nitrogen and oxygen atoms in total. The number of benzene rings is 2. The number of hydrogen-bond donors (Lipinski definition) is 2. The predicted octanol–water partition coefficient (Wildman–Crippen LogP) is 3.72. The lowest BCUT2D eigenvalue weighted by Gasteiger charge is -2.10. The maximum Gasteiger partial charge on any atom is 0.273 e. The molecule has 2 aromatic carbocycles. The van der Waals surface area contributed by atoms with Crippen molar-refractivity contribution >= 4 is 12.1 Å². The van der Waals surface area contributed by atoms with E-state index < -0.39 is 0 Å². The van der Waals surface area contributed by atoms with Crippen LogP contribution in [0.5, 0.6) is 17.2 Å². The molecule has 0 saturated carbocycles. The average Bonchev–Trinajstić information content (AvgIpc) is 3.03. The number of amides is 1. The number of carbonyl (C=O) groups is 1.